The van der Waals surface area contributed by atoms with Crippen LogP contribution in [0.2, 0.25) is 0 Å². The molecule has 0 aliphatic carbocycles. The molecule has 0 saturated heterocycles. The van der Waals surface area contributed by atoms with E-state index in [1.54, 1.807) is 17.1 Å². The first-order valence-corrected chi connectivity index (χ1v) is 4.35. The fourth-order valence-corrected chi connectivity index (χ4v) is 0.970. The first-order chi connectivity index (χ1) is 6.24. The summed E-state index contributed by atoms with van der Waals surface area (Å²) in [6.07, 6.45) is 3.32. The van der Waals surface area contributed by atoms with Gasteiger partial charge in [-0.2, -0.15) is 5.10 Å². The molecule has 0 aliphatic heterocycles. The maximum absolute atomic E-state index is 10.9. The molecule has 4 heteroatoms. The molecule has 1 heterocycles. The maximum atomic E-state index is 10.9. The van der Waals surface area contributed by atoms with Gasteiger partial charge in [0.15, 0.2) is 5.78 Å². The molecule has 0 aromatic carbocycles. The van der Waals surface area contributed by atoms with Crippen molar-refractivity contribution in [1.82, 2.24) is 9.78 Å². The van der Waals surface area contributed by atoms with E-state index in [0.717, 1.165) is 0 Å². The molecule has 0 spiro atoms. The van der Waals surface area contributed by atoms with Crippen LogP contribution < -0.4 is 0 Å². The lowest BCUT2D eigenvalue weighted by molar-refractivity contribution is 0.101. The van der Waals surface area contributed by atoms with Crippen LogP contribution in [-0.2, 0) is 11.3 Å². The zero-order chi connectivity index (χ0) is 9.68. The summed E-state index contributed by atoms with van der Waals surface area (Å²) >= 11 is 0. The van der Waals surface area contributed by atoms with Gasteiger partial charge in [0.05, 0.1) is 24.9 Å². The standard InChI is InChI=1S/C9H14N2O2/c1-3-13-5-4-11-7-9(6-10-11)8(2)12/h6-7H,3-5H2,1-2H3. The Bertz CT molecular complexity index is 281. The van der Waals surface area contributed by atoms with Crippen molar-refractivity contribution >= 4 is 5.78 Å². The van der Waals surface area contributed by atoms with Crippen LogP contribution in [0.3, 0.4) is 0 Å². The molecule has 0 saturated carbocycles. The van der Waals surface area contributed by atoms with Gasteiger partial charge >= 0.3 is 0 Å². The topological polar surface area (TPSA) is 44.1 Å². The molecule has 0 bridgehead atoms. The molecule has 0 fully saturated rings. The highest BCUT2D eigenvalue weighted by molar-refractivity contribution is 5.93. The number of ether oxygens (including phenoxy) is 1. The van der Waals surface area contributed by atoms with Gasteiger partial charge < -0.3 is 4.74 Å². The molecule has 1 aromatic rings. The lowest BCUT2D eigenvalue weighted by Gasteiger charge is -2.00. The summed E-state index contributed by atoms with van der Waals surface area (Å²) in [7, 11) is 0. The maximum Gasteiger partial charge on any atom is 0.162 e. The van der Waals surface area contributed by atoms with Gasteiger partial charge in [0.2, 0.25) is 0 Å². The van der Waals surface area contributed by atoms with E-state index in [4.69, 9.17) is 4.74 Å². The van der Waals surface area contributed by atoms with Crippen molar-refractivity contribution in [2.24, 2.45) is 0 Å². The smallest absolute Gasteiger partial charge is 0.162 e. The third kappa shape index (κ3) is 2.99. The zero-order valence-electron chi connectivity index (χ0n) is 7.99. The summed E-state index contributed by atoms with van der Waals surface area (Å²) in [5, 5.41) is 4.03. The molecule has 0 atom stereocenters. The van der Waals surface area contributed by atoms with Crippen molar-refractivity contribution in [2.75, 3.05) is 13.2 Å². The minimum atomic E-state index is 0.0441. The SMILES string of the molecule is CCOCCn1cc(C(C)=O)cn1. The van der Waals surface area contributed by atoms with Crippen molar-refractivity contribution in [2.45, 2.75) is 20.4 Å². The van der Waals surface area contributed by atoms with E-state index in [2.05, 4.69) is 5.10 Å². The number of carbonyl (C=O) groups excluding carboxylic acids is 1. The molecule has 0 aliphatic rings. The van der Waals surface area contributed by atoms with Crippen molar-refractivity contribution in [3.63, 3.8) is 0 Å². The lowest BCUT2D eigenvalue weighted by atomic mass is 10.3. The zero-order valence-corrected chi connectivity index (χ0v) is 7.99. The third-order valence-corrected chi connectivity index (χ3v) is 1.71. The van der Waals surface area contributed by atoms with Crippen LogP contribution in [0.5, 0.6) is 0 Å². The lowest BCUT2D eigenvalue weighted by Crippen LogP contribution is -2.05. The minimum absolute atomic E-state index is 0.0441. The minimum Gasteiger partial charge on any atom is -0.380 e. The molecule has 0 radical (unpaired) electrons. The van der Waals surface area contributed by atoms with Gasteiger partial charge in [0.25, 0.3) is 0 Å². The second kappa shape index (κ2) is 4.77. The summed E-state index contributed by atoms with van der Waals surface area (Å²) in [6.45, 7) is 5.52. The van der Waals surface area contributed by atoms with E-state index < -0.39 is 0 Å². The molecule has 1 rings (SSSR count). The molecular formula is C9H14N2O2. The van der Waals surface area contributed by atoms with Gasteiger partial charge in [-0.1, -0.05) is 0 Å². The Morgan fingerprint density at radius 2 is 2.46 bits per heavy atom. The number of hydrogen-bond donors (Lipinski definition) is 0. The number of Topliss-reactive ketones (excluding diaryl/α,β-unsaturated/α-hetero) is 1. The second-order valence-corrected chi connectivity index (χ2v) is 2.75. The molecule has 0 unspecified atom stereocenters. The Hall–Kier alpha value is -1.16. The van der Waals surface area contributed by atoms with Crippen molar-refractivity contribution in [1.29, 1.82) is 0 Å². The van der Waals surface area contributed by atoms with Crippen LogP contribution in [0.25, 0.3) is 0 Å². The van der Waals surface area contributed by atoms with Gasteiger partial charge in [0.1, 0.15) is 0 Å². The van der Waals surface area contributed by atoms with E-state index in [9.17, 15) is 4.79 Å². The van der Waals surface area contributed by atoms with Gasteiger partial charge in [0, 0.05) is 12.8 Å². The normalized spacial score (nSPS) is 10.3. The largest absolute Gasteiger partial charge is 0.380 e. The van der Waals surface area contributed by atoms with Crippen LogP contribution >= 0.6 is 0 Å². The van der Waals surface area contributed by atoms with E-state index in [-0.39, 0.29) is 5.78 Å². The molecule has 13 heavy (non-hydrogen) atoms. The highest BCUT2D eigenvalue weighted by atomic mass is 16.5. The van der Waals surface area contributed by atoms with Crippen LogP contribution in [0.1, 0.15) is 24.2 Å². The number of carbonyl (C=O) groups is 1. The second-order valence-electron chi connectivity index (χ2n) is 2.75. The first-order valence-electron chi connectivity index (χ1n) is 4.35. The Balaban J connectivity index is 2.44. The molecule has 1 aromatic heterocycles. The van der Waals surface area contributed by atoms with Gasteiger partial charge in [-0.3, -0.25) is 9.48 Å². The van der Waals surface area contributed by atoms with E-state index >= 15 is 0 Å². The first kappa shape index (κ1) is 9.92. The van der Waals surface area contributed by atoms with Gasteiger partial charge in [-0.05, 0) is 13.8 Å². The van der Waals surface area contributed by atoms with Crippen LogP contribution in [0, 0.1) is 0 Å². The fraction of sp³-hybridized carbons (Fsp3) is 0.556. The predicted molar refractivity (Wildman–Crippen MR) is 48.7 cm³/mol. The molecule has 4 nitrogen and oxygen atoms in total. The summed E-state index contributed by atoms with van der Waals surface area (Å²) in [6, 6.07) is 0. The number of rotatable bonds is 5. The average molecular weight is 182 g/mol. The average Bonchev–Trinajstić information content (AvgIpc) is 2.53. The monoisotopic (exact) mass is 182 g/mol. The van der Waals surface area contributed by atoms with Crippen LogP contribution in [0.4, 0.5) is 0 Å². The molecule has 72 valence electrons. The van der Waals surface area contributed by atoms with Crippen molar-refractivity contribution in [3.05, 3.63) is 18.0 Å². The Morgan fingerprint density at radius 3 is 3.00 bits per heavy atom. The summed E-state index contributed by atoms with van der Waals surface area (Å²) in [5.74, 6) is 0.0441. The predicted octanol–water partition coefficient (Wildman–Crippen LogP) is 1.12. The van der Waals surface area contributed by atoms with Gasteiger partial charge in [-0.15, -0.1) is 0 Å². The molecular weight excluding hydrogens is 168 g/mol. The Kier molecular flexibility index (Phi) is 3.64. The number of aromatic nitrogens is 2. The molecule has 0 N–H and O–H groups in total. The van der Waals surface area contributed by atoms with Crippen molar-refractivity contribution < 1.29 is 9.53 Å². The van der Waals surface area contributed by atoms with E-state index in [1.165, 1.54) is 6.92 Å². The van der Waals surface area contributed by atoms with Crippen LogP contribution in [0.15, 0.2) is 12.4 Å². The molecule has 0 amide bonds. The summed E-state index contributed by atoms with van der Waals surface area (Å²) in [4.78, 5) is 10.9. The Labute approximate surface area is 77.5 Å². The van der Waals surface area contributed by atoms with E-state index in [0.29, 0.717) is 25.3 Å². The number of ketones is 1. The van der Waals surface area contributed by atoms with Crippen LogP contribution in [-0.4, -0.2) is 28.8 Å². The highest BCUT2D eigenvalue weighted by Gasteiger charge is 2.01. The van der Waals surface area contributed by atoms with Crippen molar-refractivity contribution in [3.8, 4) is 0 Å². The number of hydrogen-bond acceptors (Lipinski definition) is 3. The van der Waals surface area contributed by atoms with E-state index in [1.807, 2.05) is 6.92 Å². The highest BCUT2D eigenvalue weighted by Crippen LogP contribution is 1.98. The summed E-state index contributed by atoms with van der Waals surface area (Å²) < 4.78 is 6.88. The fourth-order valence-electron chi connectivity index (χ4n) is 0.970. The Morgan fingerprint density at radius 1 is 1.69 bits per heavy atom. The number of nitrogens with zero attached hydrogens (tertiary/aromatic N) is 2. The summed E-state index contributed by atoms with van der Waals surface area (Å²) in [5.41, 5.74) is 0.650. The van der Waals surface area contributed by atoms with Gasteiger partial charge in [-0.25, -0.2) is 0 Å². The quantitative estimate of drug-likeness (QED) is 0.506. The third-order valence-electron chi connectivity index (χ3n) is 1.71.